The lowest BCUT2D eigenvalue weighted by atomic mass is 9.83. The van der Waals surface area contributed by atoms with E-state index in [0.717, 1.165) is 18.1 Å². The molecular formula is C18H29ClN2. The van der Waals surface area contributed by atoms with Crippen LogP contribution in [-0.2, 0) is 0 Å². The minimum absolute atomic E-state index is 0.247. The van der Waals surface area contributed by atoms with Gasteiger partial charge in [0, 0.05) is 25.2 Å². The van der Waals surface area contributed by atoms with E-state index < -0.39 is 0 Å². The average molecular weight is 309 g/mol. The highest BCUT2D eigenvalue weighted by molar-refractivity contribution is 6.33. The molecule has 1 heterocycles. The maximum Gasteiger partial charge on any atom is 0.0639 e. The summed E-state index contributed by atoms with van der Waals surface area (Å²) >= 11 is 6.50. The lowest BCUT2D eigenvalue weighted by Gasteiger charge is -2.48. The van der Waals surface area contributed by atoms with Crippen LogP contribution in [0.5, 0.6) is 0 Å². The van der Waals surface area contributed by atoms with Gasteiger partial charge in [-0.3, -0.25) is 0 Å². The average Bonchev–Trinajstić information content (AvgIpc) is 2.39. The Labute approximate surface area is 134 Å². The highest BCUT2D eigenvalue weighted by Gasteiger charge is 2.35. The standard InChI is InChI=1S/C18H29ClN2/c1-12(2)16-10-20-17(18(4,5)6)11-21(16)15-9-13(3)7-8-14(15)19/h7-9,12,16-17,20H,10-11H2,1-6H3. The molecule has 1 fully saturated rings. The first-order valence-corrected chi connectivity index (χ1v) is 8.34. The highest BCUT2D eigenvalue weighted by atomic mass is 35.5. The van der Waals surface area contributed by atoms with Crippen LogP contribution in [0.15, 0.2) is 18.2 Å². The van der Waals surface area contributed by atoms with Gasteiger partial charge in [0.1, 0.15) is 0 Å². The van der Waals surface area contributed by atoms with Gasteiger partial charge in [0.15, 0.2) is 0 Å². The van der Waals surface area contributed by atoms with Gasteiger partial charge in [-0.15, -0.1) is 0 Å². The third-order valence-electron chi connectivity index (χ3n) is 4.58. The highest BCUT2D eigenvalue weighted by Crippen LogP contribution is 2.34. The molecule has 1 N–H and O–H groups in total. The first-order valence-electron chi connectivity index (χ1n) is 7.96. The molecule has 1 saturated heterocycles. The summed E-state index contributed by atoms with van der Waals surface area (Å²) in [7, 11) is 0. The molecule has 0 spiro atoms. The van der Waals surface area contributed by atoms with E-state index in [1.165, 1.54) is 11.3 Å². The summed E-state index contributed by atoms with van der Waals surface area (Å²) in [6, 6.07) is 7.30. The van der Waals surface area contributed by atoms with Gasteiger partial charge in [-0.25, -0.2) is 0 Å². The van der Waals surface area contributed by atoms with Gasteiger partial charge in [-0.1, -0.05) is 52.3 Å². The van der Waals surface area contributed by atoms with Crippen molar-refractivity contribution in [3.8, 4) is 0 Å². The van der Waals surface area contributed by atoms with E-state index >= 15 is 0 Å². The molecule has 2 rings (SSSR count). The molecule has 118 valence electrons. The minimum Gasteiger partial charge on any atom is -0.364 e. The molecule has 0 aromatic heterocycles. The van der Waals surface area contributed by atoms with Crippen molar-refractivity contribution in [3.63, 3.8) is 0 Å². The van der Waals surface area contributed by atoms with Crippen molar-refractivity contribution in [1.82, 2.24) is 5.32 Å². The minimum atomic E-state index is 0.247. The van der Waals surface area contributed by atoms with Gasteiger partial charge >= 0.3 is 0 Å². The smallest absolute Gasteiger partial charge is 0.0639 e. The van der Waals surface area contributed by atoms with E-state index in [-0.39, 0.29) is 5.41 Å². The molecule has 2 unspecified atom stereocenters. The van der Waals surface area contributed by atoms with Crippen molar-refractivity contribution >= 4 is 17.3 Å². The zero-order valence-corrected chi connectivity index (χ0v) is 15.0. The first-order chi connectivity index (χ1) is 9.70. The van der Waals surface area contributed by atoms with Crippen LogP contribution in [0.2, 0.25) is 5.02 Å². The Morgan fingerprint density at radius 2 is 1.95 bits per heavy atom. The maximum atomic E-state index is 6.50. The van der Waals surface area contributed by atoms with E-state index in [9.17, 15) is 0 Å². The van der Waals surface area contributed by atoms with Gasteiger partial charge in [0.2, 0.25) is 0 Å². The topological polar surface area (TPSA) is 15.3 Å². The normalized spacial score (nSPS) is 23.7. The van der Waals surface area contributed by atoms with Crippen LogP contribution in [0.1, 0.15) is 40.2 Å². The molecule has 2 atom stereocenters. The fourth-order valence-corrected chi connectivity index (χ4v) is 3.29. The van der Waals surface area contributed by atoms with Gasteiger partial charge in [0.25, 0.3) is 0 Å². The first kappa shape index (κ1) is 16.6. The van der Waals surface area contributed by atoms with Crippen molar-refractivity contribution in [2.24, 2.45) is 11.3 Å². The number of anilines is 1. The summed E-state index contributed by atoms with van der Waals surface area (Å²) in [6.45, 7) is 15.6. The quantitative estimate of drug-likeness (QED) is 0.865. The number of halogens is 1. The SMILES string of the molecule is Cc1ccc(Cl)c(N2CC(C(C)(C)C)NCC2C(C)C)c1. The van der Waals surface area contributed by atoms with Crippen molar-refractivity contribution in [3.05, 3.63) is 28.8 Å². The maximum absolute atomic E-state index is 6.50. The molecule has 1 aliphatic heterocycles. The van der Waals surface area contributed by atoms with Crippen LogP contribution in [0.3, 0.4) is 0 Å². The molecule has 0 amide bonds. The number of rotatable bonds is 2. The molecule has 1 aliphatic rings. The molecule has 0 bridgehead atoms. The van der Waals surface area contributed by atoms with E-state index in [4.69, 9.17) is 11.6 Å². The predicted octanol–water partition coefficient (Wildman–Crippen LogP) is 4.50. The Kier molecular flexibility index (Phi) is 4.89. The number of piperazine rings is 1. The number of nitrogens with zero attached hydrogens (tertiary/aromatic N) is 1. The summed E-state index contributed by atoms with van der Waals surface area (Å²) in [5, 5.41) is 4.60. The molecule has 21 heavy (non-hydrogen) atoms. The van der Waals surface area contributed by atoms with Crippen LogP contribution in [-0.4, -0.2) is 25.2 Å². The van der Waals surface area contributed by atoms with E-state index in [1.54, 1.807) is 0 Å². The van der Waals surface area contributed by atoms with E-state index in [1.807, 2.05) is 6.07 Å². The summed E-state index contributed by atoms with van der Waals surface area (Å²) < 4.78 is 0. The van der Waals surface area contributed by atoms with Crippen molar-refractivity contribution in [2.75, 3.05) is 18.0 Å². The van der Waals surface area contributed by atoms with Crippen LogP contribution < -0.4 is 10.2 Å². The number of benzene rings is 1. The largest absolute Gasteiger partial charge is 0.364 e. The van der Waals surface area contributed by atoms with Crippen molar-refractivity contribution in [2.45, 2.75) is 53.6 Å². The molecule has 0 aliphatic carbocycles. The van der Waals surface area contributed by atoms with E-state index in [0.29, 0.717) is 18.0 Å². The molecule has 0 saturated carbocycles. The zero-order valence-electron chi connectivity index (χ0n) is 14.2. The third kappa shape index (κ3) is 3.73. The molecular weight excluding hydrogens is 280 g/mol. The lowest BCUT2D eigenvalue weighted by Crippen LogP contribution is -2.62. The Hall–Kier alpha value is -0.730. The van der Waals surface area contributed by atoms with Crippen LogP contribution in [0, 0.1) is 18.3 Å². The number of hydrogen-bond donors (Lipinski definition) is 1. The van der Waals surface area contributed by atoms with Crippen LogP contribution in [0.4, 0.5) is 5.69 Å². The Morgan fingerprint density at radius 1 is 1.29 bits per heavy atom. The second-order valence-corrected chi connectivity index (χ2v) is 8.15. The summed E-state index contributed by atoms with van der Waals surface area (Å²) in [5.74, 6) is 0.593. The van der Waals surface area contributed by atoms with Gasteiger partial charge in [-0.2, -0.15) is 0 Å². The summed E-state index contributed by atoms with van der Waals surface area (Å²) in [4.78, 5) is 2.52. The monoisotopic (exact) mass is 308 g/mol. The van der Waals surface area contributed by atoms with Gasteiger partial charge in [0.05, 0.1) is 10.7 Å². The number of aryl methyl sites for hydroxylation is 1. The van der Waals surface area contributed by atoms with Crippen molar-refractivity contribution < 1.29 is 0 Å². The Morgan fingerprint density at radius 3 is 2.52 bits per heavy atom. The second kappa shape index (κ2) is 6.18. The molecule has 1 aromatic carbocycles. The zero-order chi connectivity index (χ0) is 15.8. The second-order valence-electron chi connectivity index (χ2n) is 7.75. The fraction of sp³-hybridized carbons (Fsp3) is 0.667. The summed E-state index contributed by atoms with van der Waals surface area (Å²) in [6.07, 6.45) is 0. The molecule has 2 nitrogen and oxygen atoms in total. The fourth-order valence-electron chi connectivity index (χ4n) is 3.07. The number of hydrogen-bond acceptors (Lipinski definition) is 2. The lowest BCUT2D eigenvalue weighted by molar-refractivity contribution is 0.221. The van der Waals surface area contributed by atoms with Crippen LogP contribution >= 0.6 is 11.6 Å². The summed E-state index contributed by atoms with van der Waals surface area (Å²) in [5.41, 5.74) is 2.70. The predicted molar refractivity (Wildman–Crippen MR) is 93.4 cm³/mol. The third-order valence-corrected chi connectivity index (χ3v) is 4.90. The van der Waals surface area contributed by atoms with Gasteiger partial charge < -0.3 is 10.2 Å². The number of nitrogens with one attached hydrogen (secondary N) is 1. The van der Waals surface area contributed by atoms with Crippen LogP contribution in [0.25, 0.3) is 0 Å². The van der Waals surface area contributed by atoms with Gasteiger partial charge in [-0.05, 0) is 36.0 Å². The Bertz CT molecular complexity index is 490. The van der Waals surface area contributed by atoms with E-state index in [2.05, 4.69) is 63.9 Å². The molecule has 1 aromatic rings. The molecule has 3 heteroatoms. The molecule has 0 radical (unpaired) electrons. The Balaban J connectivity index is 2.36. The van der Waals surface area contributed by atoms with Crippen molar-refractivity contribution in [1.29, 1.82) is 0 Å².